The summed E-state index contributed by atoms with van der Waals surface area (Å²) >= 11 is 5.90. The maximum absolute atomic E-state index is 11.6. The van der Waals surface area contributed by atoms with Gasteiger partial charge in [-0.1, -0.05) is 11.6 Å². The highest BCUT2D eigenvalue weighted by Crippen LogP contribution is 2.27. The first kappa shape index (κ1) is 13.6. The van der Waals surface area contributed by atoms with Crippen molar-refractivity contribution in [3.8, 4) is 0 Å². The molecule has 0 fully saturated rings. The van der Waals surface area contributed by atoms with Gasteiger partial charge < -0.3 is 10.5 Å². The molecule has 3 N–H and O–H groups in total. The summed E-state index contributed by atoms with van der Waals surface area (Å²) in [4.78, 5) is 11.6. The van der Waals surface area contributed by atoms with Gasteiger partial charge in [0.25, 0.3) is 0 Å². The summed E-state index contributed by atoms with van der Waals surface area (Å²) in [5.41, 5.74) is 6.96. The van der Waals surface area contributed by atoms with E-state index in [-0.39, 0.29) is 0 Å². The second-order valence-electron chi connectivity index (χ2n) is 4.82. The molecular formula is C12H17ClN2O2. The van der Waals surface area contributed by atoms with Gasteiger partial charge in [-0.05, 0) is 45.4 Å². The van der Waals surface area contributed by atoms with Gasteiger partial charge in [-0.15, -0.1) is 0 Å². The number of carbonyl (C=O) groups is 1. The third-order valence-electron chi connectivity index (χ3n) is 1.97. The minimum absolute atomic E-state index is 0.409. The van der Waals surface area contributed by atoms with Crippen LogP contribution in [-0.2, 0) is 4.74 Å². The van der Waals surface area contributed by atoms with Crippen molar-refractivity contribution in [2.45, 2.75) is 33.3 Å². The Hall–Kier alpha value is -1.42. The monoisotopic (exact) mass is 256 g/mol. The molecule has 5 heteroatoms. The van der Waals surface area contributed by atoms with Crippen molar-refractivity contribution in [2.75, 3.05) is 11.1 Å². The normalized spacial score (nSPS) is 11.1. The number of aryl methyl sites for hydroxylation is 1. The summed E-state index contributed by atoms with van der Waals surface area (Å²) in [6.07, 6.45) is -0.536. The Kier molecular flexibility index (Phi) is 3.88. The molecule has 1 aromatic rings. The number of hydrogen-bond acceptors (Lipinski definition) is 3. The first-order valence-electron chi connectivity index (χ1n) is 5.24. The molecule has 1 aromatic carbocycles. The van der Waals surface area contributed by atoms with Gasteiger partial charge in [-0.2, -0.15) is 0 Å². The van der Waals surface area contributed by atoms with Crippen LogP contribution >= 0.6 is 11.6 Å². The van der Waals surface area contributed by atoms with E-state index in [1.165, 1.54) is 0 Å². The van der Waals surface area contributed by atoms with Crippen LogP contribution in [0, 0.1) is 6.92 Å². The fraction of sp³-hybridized carbons (Fsp3) is 0.417. The van der Waals surface area contributed by atoms with Crippen LogP contribution in [0.4, 0.5) is 16.2 Å². The molecule has 0 aliphatic rings. The molecule has 17 heavy (non-hydrogen) atoms. The van der Waals surface area contributed by atoms with Crippen molar-refractivity contribution in [3.05, 3.63) is 22.7 Å². The van der Waals surface area contributed by atoms with Gasteiger partial charge >= 0.3 is 6.09 Å². The second-order valence-corrected chi connectivity index (χ2v) is 5.22. The number of halogens is 1. The van der Waals surface area contributed by atoms with Crippen LogP contribution in [0.3, 0.4) is 0 Å². The fourth-order valence-electron chi connectivity index (χ4n) is 1.22. The summed E-state index contributed by atoms with van der Waals surface area (Å²) in [7, 11) is 0. The van der Waals surface area contributed by atoms with Crippen LogP contribution < -0.4 is 11.1 Å². The lowest BCUT2D eigenvalue weighted by Gasteiger charge is -2.20. The van der Waals surface area contributed by atoms with Crippen LogP contribution in [0.1, 0.15) is 26.3 Å². The van der Waals surface area contributed by atoms with E-state index < -0.39 is 11.7 Å². The number of rotatable bonds is 1. The topological polar surface area (TPSA) is 64.3 Å². The standard InChI is InChI=1S/C12H17ClN2O2/c1-7-5-10(9(14)6-8(7)13)15-11(16)17-12(2,3)4/h5-6H,14H2,1-4H3,(H,15,16). The Labute approximate surface area is 106 Å². The molecule has 0 atom stereocenters. The van der Waals surface area contributed by atoms with E-state index in [0.29, 0.717) is 16.4 Å². The fourth-order valence-corrected chi connectivity index (χ4v) is 1.39. The number of anilines is 2. The lowest BCUT2D eigenvalue weighted by Crippen LogP contribution is -2.27. The average Bonchev–Trinajstić information content (AvgIpc) is 2.11. The van der Waals surface area contributed by atoms with Gasteiger partial charge in [0.05, 0.1) is 11.4 Å². The van der Waals surface area contributed by atoms with Crippen molar-refractivity contribution < 1.29 is 9.53 Å². The molecule has 0 aromatic heterocycles. The highest BCUT2D eigenvalue weighted by atomic mass is 35.5. The molecule has 0 aliphatic heterocycles. The maximum atomic E-state index is 11.6. The molecule has 0 bridgehead atoms. The Bertz CT molecular complexity index is 439. The van der Waals surface area contributed by atoms with Crippen molar-refractivity contribution in [1.82, 2.24) is 0 Å². The molecule has 0 spiro atoms. The first-order valence-corrected chi connectivity index (χ1v) is 5.62. The summed E-state index contributed by atoms with van der Waals surface area (Å²) in [5.74, 6) is 0. The van der Waals surface area contributed by atoms with E-state index in [4.69, 9.17) is 22.1 Å². The highest BCUT2D eigenvalue weighted by Gasteiger charge is 2.17. The van der Waals surface area contributed by atoms with Gasteiger partial charge in [0.15, 0.2) is 0 Å². The van der Waals surface area contributed by atoms with Crippen LogP contribution in [0.2, 0.25) is 5.02 Å². The third-order valence-corrected chi connectivity index (χ3v) is 2.37. The zero-order chi connectivity index (χ0) is 13.2. The van der Waals surface area contributed by atoms with E-state index in [1.54, 1.807) is 32.9 Å². The van der Waals surface area contributed by atoms with Gasteiger partial charge in [-0.25, -0.2) is 4.79 Å². The number of carbonyl (C=O) groups excluding carboxylic acids is 1. The van der Waals surface area contributed by atoms with Gasteiger partial charge in [0.1, 0.15) is 5.60 Å². The Morgan fingerprint density at radius 3 is 2.53 bits per heavy atom. The third kappa shape index (κ3) is 4.15. The molecule has 1 rings (SSSR count). The number of amides is 1. The molecular weight excluding hydrogens is 240 g/mol. The predicted octanol–water partition coefficient (Wildman–Crippen LogP) is 3.58. The second kappa shape index (κ2) is 4.84. The lowest BCUT2D eigenvalue weighted by atomic mass is 10.2. The number of hydrogen-bond donors (Lipinski definition) is 2. The van der Waals surface area contributed by atoms with E-state index >= 15 is 0 Å². The van der Waals surface area contributed by atoms with Gasteiger partial charge in [-0.3, -0.25) is 5.32 Å². The smallest absolute Gasteiger partial charge is 0.412 e. The van der Waals surface area contributed by atoms with E-state index in [9.17, 15) is 4.79 Å². The predicted molar refractivity (Wildman–Crippen MR) is 70.5 cm³/mol. The van der Waals surface area contributed by atoms with Crippen molar-refractivity contribution in [3.63, 3.8) is 0 Å². The number of nitrogen functional groups attached to an aromatic ring is 1. The molecule has 94 valence electrons. The molecule has 0 heterocycles. The molecule has 0 radical (unpaired) electrons. The zero-order valence-corrected chi connectivity index (χ0v) is 11.2. The van der Waals surface area contributed by atoms with Crippen LogP contribution in [0.25, 0.3) is 0 Å². The first-order chi connectivity index (χ1) is 7.69. The molecule has 1 amide bonds. The Morgan fingerprint density at radius 1 is 1.41 bits per heavy atom. The average molecular weight is 257 g/mol. The molecule has 0 saturated carbocycles. The van der Waals surface area contributed by atoms with Crippen LogP contribution in [-0.4, -0.2) is 11.7 Å². The quantitative estimate of drug-likeness (QED) is 0.755. The molecule has 0 aliphatic carbocycles. The van der Waals surface area contributed by atoms with Crippen molar-refractivity contribution in [2.24, 2.45) is 0 Å². The minimum atomic E-state index is -0.541. The van der Waals surface area contributed by atoms with Gasteiger partial charge in [0.2, 0.25) is 0 Å². The van der Waals surface area contributed by atoms with Crippen LogP contribution in [0.15, 0.2) is 12.1 Å². The summed E-state index contributed by atoms with van der Waals surface area (Å²) in [6, 6.07) is 3.31. The van der Waals surface area contributed by atoms with Crippen molar-refractivity contribution >= 4 is 29.1 Å². The molecule has 0 saturated heterocycles. The van der Waals surface area contributed by atoms with E-state index in [1.807, 2.05) is 6.92 Å². The maximum Gasteiger partial charge on any atom is 0.412 e. The number of nitrogens with two attached hydrogens (primary N) is 1. The lowest BCUT2D eigenvalue weighted by molar-refractivity contribution is 0.0636. The largest absolute Gasteiger partial charge is 0.444 e. The SMILES string of the molecule is Cc1cc(NC(=O)OC(C)(C)C)c(N)cc1Cl. The summed E-state index contributed by atoms with van der Waals surface area (Å²) in [6.45, 7) is 7.22. The number of ether oxygens (including phenoxy) is 1. The van der Waals surface area contributed by atoms with Crippen LogP contribution in [0.5, 0.6) is 0 Å². The molecule has 0 unspecified atom stereocenters. The van der Waals surface area contributed by atoms with E-state index in [0.717, 1.165) is 5.56 Å². The summed E-state index contributed by atoms with van der Waals surface area (Å²) < 4.78 is 5.13. The Morgan fingerprint density at radius 2 is 2.00 bits per heavy atom. The zero-order valence-electron chi connectivity index (χ0n) is 10.4. The highest BCUT2D eigenvalue weighted by molar-refractivity contribution is 6.31. The summed E-state index contributed by atoms with van der Waals surface area (Å²) in [5, 5.41) is 3.16. The molecule has 4 nitrogen and oxygen atoms in total. The minimum Gasteiger partial charge on any atom is -0.444 e. The number of nitrogens with one attached hydrogen (secondary N) is 1. The number of benzene rings is 1. The van der Waals surface area contributed by atoms with Crippen molar-refractivity contribution in [1.29, 1.82) is 0 Å². The van der Waals surface area contributed by atoms with E-state index in [2.05, 4.69) is 5.32 Å². The van der Waals surface area contributed by atoms with Gasteiger partial charge in [0, 0.05) is 5.02 Å². The Balaban J connectivity index is 2.82.